The highest BCUT2D eigenvalue weighted by Crippen LogP contribution is 2.33. The highest BCUT2D eigenvalue weighted by molar-refractivity contribution is 9.10. The molecule has 1 amide bonds. The first-order valence-corrected chi connectivity index (χ1v) is 13.7. The van der Waals surface area contributed by atoms with Gasteiger partial charge in [-0.25, -0.2) is 15.2 Å². The summed E-state index contributed by atoms with van der Waals surface area (Å²) in [6, 6.07) is 19.1. The summed E-state index contributed by atoms with van der Waals surface area (Å²) in [5.41, 5.74) is 7.13. The molecule has 206 valence electrons. The van der Waals surface area contributed by atoms with Crippen LogP contribution >= 0.6 is 15.9 Å². The first-order chi connectivity index (χ1) is 18.9. The van der Waals surface area contributed by atoms with Gasteiger partial charge in [-0.3, -0.25) is 4.79 Å². The minimum absolute atomic E-state index is 0.0673. The number of nitrogens with one attached hydrogen (secondary N) is 1. The quantitative estimate of drug-likeness (QED) is 0.244. The van der Waals surface area contributed by atoms with Gasteiger partial charge in [-0.15, -0.1) is 0 Å². The molecule has 1 saturated heterocycles. The van der Waals surface area contributed by atoms with Crippen molar-refractivity contribution in [1.82, 2.24) is 5.43 Å². The van der Waals surface area contributed by atoms with Gasteiger partial charge in [-0.1, -0.05) is 40.2 Å². The van der Waals surface area contributed by atoms with Crippen molar-refractivity contribution < 1.29 is 23.8 Å². The third-order valence-electron chi connectivity index (χ3n) is 6.76. The van der Waals surface area contributed by atoms with Crippen molar-refractivity contribution >= 4 is 39.2 Å². The molecule has 4 rings (SSSR count). The smallest absolute Gasteiger partial charge is 0.341 e. The Bertz CT molecular complexity index is 1310. The molecular weight excluding hydrogens is 562 g/mol. The van der Waals surface area contributed by atoms with Crippen LogP contribution in [0.5, 0.6) is 11.5 Å². The van der Waals surface area contributed by atoms with Crippen molar-refractivity contribution in [2.45, 2.75) is 32.2 Å². The van der Waals surface area contributed by atoms with Gasteiger partial charge in [0.25, 0.3) is 0 Å². The predicted octanol–water partition coefficient (Wildman–Crippen LogP) is 5.52. The standard InChI is InChI=1S/C30H34BrN3O5/c1-37-23-11-9-10-21(16-23)20-32-34(27-13-6-5-12-26(27)33-14-7-4-8-15-33)29(35)18-22-17-28(38-2)24(19-25(22)31)30(36)39-3/h5-6,9-13,16-17,19,32H,4,7-8,14-15,18,20H2,1-3H3. The van der Waals surface area contributed by atoms with Crippen molar-refractivity contribution in [3.63, 3.8) is 0 Å². The Labute approximate surface area is 237 Å². The fraction of sp³-hybridized carbons (Fsp3) is 0.333. The minimum Gasteiger partial charge on any atom is -0.497 e. The van der Waals surface area contributed by atoms with Crippen LogP contribution in [-0.2, 0) is 22.5 Å². The number of esters is 1. The Morgan fingerprint density at radius 3 is 2.44 bits per heavy atom. The Morgan fingerprint density at radius 2 is 1.72 bits per heavy atom. The number of ether oxygens (including phenoxy) is 3. The van der Waals surface area contributed by atoms with Crippen molar-refractivity contribution in [2.24, 2.45) is 0 Å². The number of carbonyl (C=O) groups is 2. The number of piperidine rings is 1. The number of hydrogen-bond donors (Lipinski definition) is 1. The molecular formula is C30H34BrN3O5. The molecule has 0 bridgehead atoms. The summed E-state index contributed by atoms with van der Waals surface area (Å²) in [5.74, 6) is 0.429. The molecule has 9 heteroatoms. The number of para-hydroxylation sites is 2. The van der Waals surface area contributed by atoms with Gasteiger partial charge >= 0.3 is 5.97 Å². The van der Waals surface area contributed by atoms with E-state index in [0.717, 1.165) is 48.6 Å². The number of halogens is 1. The maximum Gasteiger partial charge on any atom is 0.341 e. The summed E-state index contributed by atoms with van der Waals surface area (Å²) in [6.45, 7) is 2.32. The normalized spacial score (nSPS) is 13.1. The van der Waals surface area contributed by atoms with Gasteiger partial charge in [-0.2, -0.15) is 0 Å². The molecule has 8 nitrogen and oxygen atoms in total. The van der Waals surface area contributed by atoms with Gasteiger partial charge in [0.15, 0.2) is 0 Å². The van der Waals surface area contributed by atoms with Crippen LogP contribution in [0.25, 0.3) is 0 Å². The lowest BCUT2D eigenvalue weighted by Crippen LogP contribution is -2.45. The molecule has 0 radical (unpaired) electrons. The molecule has 1 N–H and O–H groups in total. The molecule has 1 aliphatic heterocycles. The summed E-state index contributed by atoms with van der Waals surface area (Å²) in [5, 5.41) is 1.64. The lowest BCUT2D eigenvalue weighted by molar-refractivity contribution is -0.118. The fourth-order valence-corrected chi connectivity index (χ4v) is 5.21. The first-order valence-electron chi connectivity index (χ1n) is 12.9. The monoisotopic (exact) mass is 595 g/mol. The zero-order valence-corrected chi connectivity index (χ0v) is 24.1. The molecule has 0 saturated carbocycles. The zero-order valence-electron chi connectivity index (χ0n) is 22.5. The molecule has 0 atom stereocenters. The SMILES string of the molecule is COC(=O)c1cc(Br)c(CC(=O)N(NCc2cccc(OC)c2)c2ccccc2N2CCCCC2)cc1OC. The predicted molar refractivity (Wildman–Crippen MR) is 156 cm³/mol. The number of hydrogen-bond acceptors (Lipinski definition) is 7. The van der Waals surface area contributed by atoms with Crippen LogP contribution in [0.4, 0.5) is 11.4 Å². The van der Waals surface area contributed by atoms with E-state index in [9.17, 15) is 9.59 Å². The third kappa shape index (κ3) is 6.91. The topological polar surface area (TPSA) is 80.3 Å². The van der Waals surface area contributed by atoms with E-state index in [0.29, 0.717) is 22.3 Å². The average Bonchev–Trinajstić information content (AvgIpc) is 2.98. The summed E-state index contributed by atoms with van der Waals surface area (Å²) in [6.07, 6.45) is 3.53. The molecule has 1 aliphatic rings. The van der Waals surface area contributed by atoms with Gasteiger partial charge in [0, 0.05) is 24.1 Å². The largest absolute Gasteiger partial charge is 0.497 e. The Kier molecular flexibility index (Phi) is 9.84. The van der Waals surface area contributed by atoms with Gasteiger partial charge in [-0.05, 0) is 66.8 Å². The highest BCUT2D eigenvalue weighted by Gasteiger charge is 2.25. The van der Waals surface area contributed by atoms with Crippen LogP contribution in [0.2, 0.25) is 0 Å². The average molecular weight is 597 g/mol. The van der Waals surface area contributed by atoms with Crippen molar-refractivity contribution in [3.8, 4) is 11.5 Å². The van der Waals surface area contributed by atoms with Gasteiger partial charge in [0.1, 0.15) is 17.1 Å². The van der Waals surface area contributed by atoms with E-state index in [-0.39, 0.29) is 17.9 Å². The molecule has 0 spiro atoms. The number of amides is 1. The Balaban J connectivity index is 1.67. The molecule has 1 fully saturated rings. The number of rotatable bonds is 10. The minimum atomic E-state index is -0.512. The van der Waals surface area contributed by atoms with E-state index in [4.69, 9.17) is 14.2 Å². The highest BCUT2D eigenvalue weighted by atomic mass is 79.9. The zero-order chi connectivity index (χ0) is 27.8. The Hall–Kier alpha value is -3.56. The number of benzene rings is 3. The molecule has 1 heterocycles. The summed E-state index contributed by atoms with van der Waals surface area (Å²) in [7, 11) is 4.44. The Morgan fingerprint density at radius 1 is 0.949 bits per heavy atom. The van der Waals surface area contributed by atoms with Crippen molar-refractivity contribution in [2.75, 3.05) is 44.3 Å². The van der Waals surface area contributed by atoms with E-state index in [1.54, 1.807) is 24.3 Å². The summed E-state index contributed by atoms with van der Waals surface area (Å²) >= 11 is 3.53. The lowest BCUT2D eigenvalue weighted by atomic mass is 10.1. The third-order valence-corrected chi connectivity index (χ3v) is 7.50. The first kappa shape index (κ1) is 28.4. The second-order valence-corrected chi connectivity index (χ2v) is 10.1. The summed E-state index contributed by atoms with van der Waals surface area (Å²) < 4.78 is 16.3. The van der Waals surface area contributed by atoms with Gasteiger partial charge in [0.05, 0.1) is 39.1 Å². The van der Waals surface area contributed by atoms with E-state index >= 15 is 0 Å². The second kappa shape index (κ2) is 13.5. The maximum absolute atomic E-state index is 14.0. The molecule has 0 aromatic heterocycles. The molecule has 39 heavy (non-hydrogen) atoms. The van der Waals surface area contributed by atoms with Gasteiger partial charge < -0.3 is 19.1 Å². The molecule has 0 unspecified atom stereocenters. The van der Waals surface area contributed by atoms with Crippen LogP contribution in [0.1, 0.15) is 40.7 Å². The lowest BCUT2D eigenvalue weighted by Gasteiger charge is -2.34. The van der Waals surface area contributed by atoms with E-state index in [1.807, 2.05) is 42.5 Å². The van der Waals surface area contributed by atoms with Crippen molar-refractivity contribution in [3.05, 3.63) is 81.8 Å². The molecule has 0 aliphatic carbocycles. The van der Waals surface area contributed by atoms with Crippen LogP contribution in [0, 0.1) is 0 Å². The molecule has 3 aromatic rings. The van der Waals surface area contributed by atoms with Gasteiger partial charge in [0.2, 0.25) is 5.91 Å². The van der Waals surface area contributed by atoms with E-state index in [1.165, 1.54) is 20.6 Å². The van der Waals surface area contributed by atoms with Crippen LogP contribution in [0.15, 0.2) is 65.1 Å². The second-order valence-electron chi connectivity index (χ2n) is 9.26. The van der Waals surface area contributed by atoms with Crippen LogP contribution < -0.4 is 24.8 Å². The number of nitrogens with zero attached hydrogens (tertiary/aromatic N) is 2. The van der Waals surface area contributed by atoms with E-state index < -0.39 is 5.97 Å². The van der Waals surface area contributed by atoms with E-state index in [2.05, 4.69) is 32.3 Å². The van der Waals surface area contributed by atoms with Crippen LogP contribution in [-0.4, -0.2) is 46.3 Å². The number of carbonyl (C=O) groups excluding carboxylic acids is 2. The fourth-order valence-electron chi connectivity index (χ4n) is 4.73. The number of methoxy groups -OCH3 is 3. The number of anilines is 2. The number of hydrazine groups is 1. The molecule has 3 aromatic carbocycles. The maximum atomic E-state index is 14.0. The summed E-state index contributed by atoms with van der Waals surface area (Å²) in [4.78, 5) is 28.5. The van der Waals surface area contributed by atoms with Crippen molar-refractivity contribution in [1.29, 1.82) is 0 Å². The van der Waals surface area contributed by atoms with Crippen LogP contribution in [0.3, 0.4) is 0 Å².